The van der Waals surface area contributed by atoms with E-state index < -0.39 is 11.9 Å². The van der Waals surface area contributed by atoms with Crippen molar-refractivity contribution in [1.82, 2.24) is 0 Å². The lowest BCUT2D eigenvalue weighted by atomic mass is 10.5. The van der Waals surface area contributed by atoms with Crippen LogP contribution in [0.25, 0.3) is 0 Å². The summed E-state index contributed by atoms with van der Waals surface area (Å²) in [5, 5.41) is 8.33. The predicted octanol–water partition coefficient (Wildman–Crippen LogP) is -0.732. The molecule has 0 amide bonds. The number of aliphatic hydroxyl groups is 1. The van der Waals surface area contributed by atoms with Crippen molar-refractivity contribution >= 4 is 11.9 Å². The molecule has 0 bridgehead atoms. The maximum Gasteiger partial charge on any atom is 0.331 e. The molecule has 1 N–H and O–H groups in total. The Kier molecular flexibility index (Phi) is 8.31. The van der Waals surface area contributed by atoms with Gasteiger partial charge in [0.25, 0.3) is 0 Å². The second-order valence-corrected chi connectivity index (χ2v) is 2.38. The molecule has 0 saturated carbocycles. The molecule has 0 heterocycles. The fraction of sp³-hybridized carbons (Fsp3) is 0.556. The Labute approximate surface area is 87.4 Å². The number of ether oxygens (including phenoxy) is 3. The molecule has 0 aromatic carbocycles. The molecular formula is C9H14O6. The van der Waals surface area contributed by atoms with Gasteiger partial charge in [-0.25, -0.2) is 9.59 Å². The lowest BCUT2D eigenvalue weighted by Crippen LogP contribution is -2.09. The minimum Gasteiger partial charge on any atom is -0.460 e. The molecule has 86 valence electrons. The van der Waals surface area contributed by atoms with Crippen LogP contribution >= 0.6 is 0 Å². The van der Waals surface area contributed by atoms with Gasteiger partial charge in [0.2, 0.25) is 0 Å². The number of rotatable bonds is 7. The standard InChI is InChI=1S/C9H14O6/c1-13-6-7-15-9(12)3-2-8(11)14-5-4-10/h2-3,10H,4-7H2,1H3. The van der Waals surface area contributed by atoms with Crippen molar-refractivity contribution < 1.29 is 28.9 Å². The quantitative estimate of drug-likeness (QED) is 0.344. The Morgan fingerprint density at radius 2 is 1.60 bits per heavy atom. The minimum atomic E-state index is -0.701. The normalized spacial score (nSPS) is 10.3. The zero-order chi connectivity index (χ0) is 11.5. The third kappa shape index (κ3) is 8.92. The molecule has 15 heavy (non-hydrogen) atoms. The van der Waals surface area contributed by atoms with Gasteiger partial charge in [0.1, 0.15) is 13.2 Å². The Morgan fingerprint density at radius 3 is 2.07 bits per heavy atom. The van der Waals surface area contributed by atoms with Gasteiger partial charge in [0.05, 0.1) is 13.2 Å². The smallest absolute Gasteiger partial charge is 0.331 e. The molecule has 0 fully saturated rings. The monoisotopic (exact) mass is 218 g/mol. The van der Waals surface area contributed by atoms with Crippen LogP contribution < -0.4 is 0 Å². The summed E-state index contributed by atoms with van der Waals surface area (Å²) < 4.78 is 13.7. The number of hydrogen-bond donors (Lipinski definition) is 1. The number of hydrogen-bond acceptors (Lipinski definition) is 6. The maximum atomic E-state index is 10.9. The summed E-state index contributed by atoms with van der Waals surface area (Å²) in [5.74, 6) is -1.35. The Balaban J connectivity index is 3.65. The van der Waals surface area contributed by atoms with Crippen molar-refractivity contribution in [3.05, 3.63) is 12.2 Å². The number of esters is 2. The summed E-state index contributed by atoms with van der Waals surface area (Å²) in [4.78, 5) is 21.7. The zero-order valence-electron chi connectivity index (χ0n) is 8.47. The van der Waals surface area contributed by atoms with Crippen LogP contribution in [0.3, 0.4) is 0 Å². The summed E-state index contributed by atoms with van der Waals surface area (Å²) in [6.07, 6.45) is 1.89. The molecule has 0 aliphatic rings. The van der Waals surface area contributed by atoms with E-state index in [0.29, 0.717) is 6.61 Å². The Morgan fingerprint density at radius 1 is 1.07 bits per heavy atom. The van der Waals surface area contributed by atoms with Crippen molar-refractivity contribution in [2.24, 2.45) is 0 Å². The third-order valence-electron chi connectivity index (χ3n) is 1.22. The third-order valence-corrected chi connectivity index (χ3v) is 1.22. The van der Waals surface area contributed by atoms with Gasteiger partial charge in [-0.15, -0.1) is 0 Å². The number of aliphatic hydroxyl groups excluding tert-OH is 1. The van der Waals surface area contributed by atoms with Gasteiger partial charge in [-0.3, -0.25) is 0 Å². The summed E-state index contributed by atoms with van der Waals surface area (Å²) in [6.45, 7) is 0.0830. The van der Waals surface area contributed by atoms with Crippen LogP contribution in [0.2, 0.25) is 0 Å². The maximum absolute atomic E-state index is 10.9. The molecule has 0 atom stereocenters. The predicted molar refractivity (Wildman–Crippen MR) is 50.0 cm³/mol. The van der Waals surface area contributed by atoms with Crippen molar-refractivity contribution in [1.29, 1.82) is 0 Å². The summed E-state index contributed by atoms with van der Waals surface area (Å²) >= 11 is 0. The molecule has 6 heteroatoms. The van der Waals surface area contributed by atoms with E-state index >= 15 is 0 Å². The molecule has 0 radical (unpaired) electrons. The average molecular weight is 218 g/mol. The highest BCUT2D eigenvalue weighted by Crippen LogP contribution is 1.85. The highest BCUT2D eigenvalue weighted by molar-refractivity contribution is 5.91. The molecule has 0 saturated heterocycles. The van der Waals surface area contributed by atoms with Gasteiger partial charge in [-0.1, -0.05) is 0 Å². The molecular weight excluding hydrogens is 204 g/mol. The average Bonchev–Trinajstić information content (AvgIpc) is 2.24. The van der Waals surface area contributed by atoms with E-state index in [1.165, 1.54) is 7.11 Å². The van der Waals surface area contributed by atoms with Gasteiger partial charge in [0, 0.05) is 19.3 Å². The van der Waals surface area contributed by atoms with Gasteiger partial charge in [-0.2, -0.15) is 0 Å². The van der Waals surface area contributed by atoms with Gasteiger partial charge < -0.3 is 19.3 Å². The number of methoxy groups -OCH3 is 1. The van der Waals surface area contributed by atoms with E-state index in [9.17, 15) is 9.59 Å². The fourth-order valence-corrected chi connectivity index (χ4v) is 0.604. The van der Waals surface area contributed by atoms with Crippen molar-refractivity contribution in [2.75, 3.05) is 33.5 Å². The lowest BCUT2D eigenvalue weighted by molar-refractivity contribution is -0.141. The minimum absolute atomic E-state index is 0.0953. The Hall–Kier alpha value is -1.40. The first-order valence-electron chi connectivity index (χ1n) is 4.32. The molecule has 0 aliphatic heterocycles. The highest BCUT2D eigenvalue weighted by Gasteiger charge is 1.99. The first-order valence-corrected chi connectivity index (χ1v) is 4.32. The summed E-state index contributed by atoms with van der Waals surface area (Å²) in [7, 11) is 1.48. The van der Waals surface area contributed by atoms with Crippen LogP contribution in [0.15, 0.2) is 12.2 Å². The zero-order valence-corrected chi connectivity index (χ0v) is 8.47. The number of carbonyl (C=O) groups is 2. The van der Waals surface area contributed by atoms with Crippen LogP contribution in [0.4, 0.5) is 0 Å². The fourth-order valence-electron chi connectivity index (χ4n) is 0.604. The molecule has 0 aromatic heterocycles. The molecule has 6 nitrogen and oxygen atoms in total. The lowest BCUT2D eigenvalue weighted by Gasteiger charge is -1.99. The summed E-state index contributed by atoms with van der Waals surface area (Å²) in [5.41, 5.74) is 0. The molecule has 0 aromatic rings. The Bertz CT molecular complexity index is 223. The second kappa shape index (κ2) is 9.17. The van der Waals surface area contributed by atoms with Gasteiger partial charge in [-0.05, 0) is 0 Å². The van der Waals surface area contributed by atoms with E-state index in [2.05, 4.69) is 14.2 Å². The van der Waals surface area contributed by atoms with Crippen molar-refractivity contribution in [3.8, 4) is 0 Å². The van der Waals surface area contributed by atoms with E-state index in [-0.39, 0.29) is 19.8 Å². The van der Waals surface area contributed by atoms with Crippen LogP contribution in [-0.4, -0.2) is 50.6 Å². The van der Waals surface area contributed by atoms with Crippen LogP contribution in [0.1, 0.15) is 0 Å². The van der Waals surface area contributed by atoms with Crippen LogP contribution in [-0.2, 0) is 23.8 Å². The number of carbonyl (C=O) groups excluding carboxylic acids is 2. The van der Waals surface area contributed by atoms with E-state index in [0.717, 1.165) is 12.2 Å². The van der Waals surface area contributed by atoms with Gasteiger partial charge in [0.15, 0.2) is 0 Å². The highest BCUT2D eigenvalue weighted by atomic mass is 16.6. The van der Waals surface area contributed by atoms with Gasteiger partial charge >= 0.3 is 11.9 Å². The van der Waals surface area contributed by atoms with E-state index in [4.69, 9.17) is 5.11 Å². The molecule has 0 aliphatic carbocycles. The van der Waals surface area contributed by atoms with E-state index in [1.807, 2.05) is 0 Å². The van der Waals surface area contributed by atoms with Crippen molar-refractivity contribution in [2.45, 2.75) is 0 Å². The first-order chi connectivity index (χ1) is 7.20. The van der Waals surface area contributed by atoms with Crippen molar-refractivity contribution in [3.63, 3.8) is 0 Å². The molecule has 0 unspecified atom stereocenters. The topological polar surface area (TPSA) is 82.1 Å². The van der Waals surface area contributed by atoms with E-state index in [1.54, 1.807) is 0 Å². The first kappa shape index (κ1) is 13.6. The molecule has 0 spiro atoms. The van der Waals surface area contributed by atoms with Crippen LogP contribution in [0, 0.1) is 0 Å². The summed E-state index contributed by atoms with van der Waals surface area (Å²) in [6, 6.07) is 0. The molecule has 0 rings (SSSR count). The van der Waals surface area contributed by atoms with Crippen LogP contribution in [0.5, 0.6) is 0 Å². The largest absolute Gasteiger partial charge is 0.460 e. The SMILES string of the molecule is COCCOC(=O)C=CC(=O)OCCO. The second-order valence-electron chi connectivity index (χ2n) is 2.38.